The molecule has 7 heteroatoms. The van der Waals surface area contributed by atoms with Crippen LogP contribution in [0.2, 0.25) is 5.02 Å². The molecule has 0 bridgehead atoms. The highest BCUT2D eigenvalue weighted by molar-refractivity contribution is 6.30. The number of halogens is 3. The van der Waals surface area contributed by atoms with E-state index in [4.69, 9.17) is 11.6 Å². The summed E-state index contributed by atoms with van der Waals surface area (Å²) < 4.78 is 27.0. The van der Waals surface area contributed by atoms with Gasteiger partial charge in [-0.05, 0) is 36.4 Å². The number of para-hydroxylation sites is 1. The van der Waals surface area contributed by atoms with Gasteiger partial charge in [0.1, 0.15) is 17.3 Å². The van der Waals surface area contributed by atoms with E-state index in [0.29, 0.717) is 10.7 Å². The topological polar surface area (TPSA) is 49.4 Å². The van der Waals surface area contributed by atoms with Crippen molar-refractivity contribution in [2.75, 3.05) is 16.8 Å². The van der Waals surface area contributed by atoms with E-state index in [9.17, 15) is 18.4 Å². The van der Waals surface area contributed by atoms with Gasteiger partial charge in [0.15, 0.2) is 0 Å². The van der Waals surface area contributed by atoms with Gasteiger partial charge in [-0.3, -0.25) is 9.59 Å². The molecule has 0 aliphatic carbocycles. The third-order valence-electron chi connectivity index (χ3n) is 3.31. The summed E-state index contributed by atoms with van der Waals surface area (Å²) in [6.07, 6.45) is -0.115. The van der Waals surface area contributed by atoms with Gasteiger partial charge in [0.25, 0.3) is 0 Å². The number of carbonyl (C=O) groups excluding carboxylic acids is 2. The first-order valence-corrected chi connectivity index (χ1v) is 7.54. The van der Waals surface area contributed by atoms with Gasteiger partial charge in [-0.1, -0.05) is 17.7 Å². The van der Waals surface area contributed by atoms with E-state index in [2.05, 4.69) is 5.32 Å². The van der Waals surface area contributed by atoms with E-state index < -0.39 is 23.2 Å². The Morgan fingerprint density at radius 3 is 2.21 bits per heavy atom. The monoisotopic (exact) mass is 352 g/mol. The molecule has 126 valence electrons. The molecule has 0 spiro atoms. The maximum absolute atomic E-state index is 13.5. The molecule has 0 unspecified atom stereocenters. The number of benzene rings is 2. The van der Waals surface area contributed by atoms with Gasteiger partial charge in [-0.25, -0.2) is 8.78 Å². The van der Waals surface area contributed by atoms with Crippen LogP contribution < -0.4 is 10.2 Å². The fourth-order valence-corrected chi connectivity index (χ4v) is 2.25. The summed E-state index contributed by atoms with van der Waals surface area (Å²) >= 11 is 5.80. The highest BCUT2D eigenvalue weighted by Gasteiger charge is 2.16. The highest BCUT2D eigenvalue weighted by Crippen LogP contribution is 2.20. The van der Waals surface area contributed by atoms with E-state index >= 15 is 0 Å². The van der Waals surface area contributed by atoms with Crippen molar-refractivity contribution in [3.63, 3.8) is 0 Å². The minimum absolute atomic E-state index is 0.0683. The molecule has 0 saturated carbocycles. The third-order valence-corrected chi connectivity index (χ3v) is 3.56. The molecule has 24 heavy (non-hydrogen) atoms. The van der Waals surface area contributed by atoms with Gasteiger partial charge in [0, 0.05) is 30.6 Å². The maximum Gasteiger partial charge on any atom is 0.226 e. The Morgan fingerprint density at radius 2 is 1.67 bits per heavy atom. The Balaban J connectivity index is 2.03. The van der Waals surface area contributed by atoms with Gasteiger partial charge in [0.05, 0.1) is 0 Å². The molecule has 1 N–H and O–H groups in total. The van der Waals surface area contributed by atoms with Crippen molar-refractivity contribution in [3.8, 4) is 0 Å². The predicted molar refractivity (Wildman–Crippen MR) is 89.1 cm³/mol. The summed E-state index contributed by atoms with van der Waals surface area (Å²) in [7, 11) is 0. The lowest BCUT2D eigenvalue weighted by molar-refractivity contribution is -0.117. The predicted octanol–water partition coefficient (Wildman–Crippen LogP) is 4.00. The molecule has 4 nitrogen and oxygen atoms in total. The van der Waals surface area contributed by atoms with Gasteiger partial charge in [0.2, 0.25) is 11.8 Å². The molecule has 0 fully saturated rings. The van der Waals surface area contributed by atoms with Gasteiger partial charge >= 0.3 is 0 Å². The second kappa shape index (κ2) is 7.88. The summed E-state index contributed by atoms with van der Waals surface area (Å²) in [5.74, 6) is -2.57. The summed E-state index contributed by atoms with van der Waals surface area (Å²) in [6, 6.07) is 9.86. The fraction of sp³-hybridized carbons (Fsp3) is 0.176. The molecule has 2 aromatic carbocycles. The first-order chi connectivity index (χ1) is 11.4. The van der Waals surface area contributed by atoms with Crippen LogP contribution in [0, 0.1) is 11.6 Å². The molecular formula is C17H15ClF2N2O2. The van der Waals surface area contributed by atoms with Gasteiger partial charge in [-0.15, -0.1) is 0 Å². The minimum Gasteiger partial charge on any atom is -0.321 e. The van der Waals surface area contributed by atoms with Crippen LogP contribution in [-0.4, -0.2) is 18.4 Å². The Kier molecular flexibility index (Phi) is 5.87. The molecule has 0 aliphatic rings. The van der Waals surface area contributed by atoms with Crippen molar-refractivity contribution in [2.24, 2.45) is 0 Å². The zero-order valence-electron chi connectivity index (χ0n) is 12.9. The average molecular weight is 353 g/mol. The van der Waals surface area contributed by atoms with E-state index in [1.807, 2.05) is 0 Å². The largest absolute Gasteiger partial charge is 0.321 e. The Morgan fingerprint density at radius 1 is 1.08 bits per heavy atom. The minimum atomic E-state index is -0.857. The number of nitrogens with one attached hydrogen (secondary N) is 1. The van der Waals surface area contributed by atoms with Crippen LogP contribution in [0.5, 0.6) is 0 Å². The van der Waals surface area contributed by atoms with E-state index in [0.717, 1.165) is 12.1 Å². The van der Waals surface area contributed by atoms with Gasteiger partial charge < -0.3 is 10.2 Å². The molecule has 0 saturated heterocycles. The SMILES string of the molecule is CC(=O)N(CCC(=O)Nc1c(F)cccc1F)c1ccc(Cl)cc1. The van der Waals surface area contributed by atoms with Crippen LogP contribution in [-0.2, 0) is 9.59 Å². The summed E-state index contributed by atoms with van der Waals surface area (Å²) in [6.45, 7) is 1.43. The standard InChI is InChI=1S/C17H15ClF2N2O2/c1-11(23)22(13-7-5-12(18)6-8-13)10-9-16(24)21-17-14(19)3-2-4-15(17)20/h2-8H,9-10H2,1H3,(H,21,24). The van der Waals surface area contributed by atoms with Gasteiger partial charge in [-0.2, -0.15) is 0 Å². The molecule has 0 aromatic heterocycles. The lowest BCUT2D eigenvalue weighted by Crippen LogP contribution is -2.32. The number of anilines is 2. The number of rotatable bonds is 5. The lowest BCUT2D eigenvalue weighted by Gasteiger charge is -2.21. The number of nitrogens with zero attached hydrogens (tertiary/aromatic N) is 1. The van der Waals surface area contributed by atoms with Crippen LogP contribution in [0.3, 0.4) is 0 Å². The third kappa shape index (κ3) is 4.52. The maximum atomic E-state index is 13.5. The van der Waals surface area contributed by atoms with Crippen molar-refractivity contribution in [1.82, 2.24) is 0 Å². The van der Waals surface area contributed by atoms with Crippen molar-refractivity contribution >= 4 is 34.8 Å². The smallest absolute Gasteiger partial charge is 0.226 e. The molecule has 0 radical (unpaired) electrons. The second-order valence-electron chi connectivity index (χ2n) is 5.04. The quantitative estimate of drug-likeness (QED) is 0.884. The lowest BCUT2D eigenvalue weighted by atomic mass is 10.2. The normalized spacial score (nSPS) is 10.3. The number of hydrogen-bond donors (Lipinski definition) is 1. The Bertz CT molecular complexity index is 731. The summed E-state index contributed by atoms with van der Waals surface area (Å²) in [5, 5.41) is 2.71. The van der Waals surface area contributed by atoms with Crippen molar-refractivity contribution in [1.29, 1.82) is 0 Å². The molecular weight excluding hydrogens is 338 g/mol. The molecule has 0 aliphatic heterocycles. The molecule has 0 heterocycles. The highest BCUT2D eigenvalue weighted by atomic mass is 35.5. The van der Waals surface area contributed by atoms with E-state index in [1.165, 1.54) is 17.9 Å². The molecule has 2 rings (SSSR count). The summed E-state index contributed by atoms with van der Waals surface area (Å²) in [4.78, 5) is 25.1. The zero-order chi connectivity index (χ0) is 17.7. The average Bonchev–Trinajstić information content (AvgIpc) is 2.52. The molecule has 2 aromatic rings. The van der Waals surface area contributed by atoms with Crippen molar-refractivity contribution in [3.05, 3.63) is 59.1 Å². The second-order valence-corrected chi connectivity index (χ2v) is 5.48. The zero-order valence-corrected chi connectivity index (χ0v) is 13.6. The molecule has 2 amide bonds. The number of hydrogen-bond acceptors (Lipinski definition) is 2. The van der Waals surface area contributed by atoms with Crippen LogP contribution in [0.15, 0.2) is 42.5 Å². The van der Waals surface area contributed by atoms with Crippen LogP contribution in [0.4, 0.5) is 20.2 Å². The summed E-state index contributed by atoms with van der Waals surface area (Å²) in [5.41, 5.74) is 0.0835. The van der Waals surface area contributed by atoms with Crippen LogP contribution in [0.1, 0.15) is 13.3 Å². The fourth-order valence-electron chi connectivity index (χ4n) is 2.12. The Hall–Kier alpha value is -2.47. The van der Waals surface area contributed by atoms with Crippen molar-refractivity contribution < 1.29 is 18.4 Å². The Labute approximate surface area is 143 Å². The van der Waals surface area contributed by atoms with E-state index in [1.54, 1.807) is 24.3 Å². The number of amides is 2. The first-order valence-electron chi connectivity index (χ1n) is 7.16. The number of carbonyl (C=O) groups is 2. The van der Waals surface area contributed by atoms with Crippen LogP contribution >= 0.6 is 11.6 Å². The molecule has 0 atom stereocenters. The van der Waals surface area contributed by atoms with Crippen LogP contribution in [0.25, 0.3) is 0 Å². The van der Waals surface area contributed by atoms with Crippen molar-refractivity contribution in [2.45, 2.75) is 13.3 Å². The van der Waals surface area contributed by atoms with E-state index in [-0.39, 0.29) is 18.9 Å². The first kappa shape index (κ1) is 17.9.